The van der Waals surface area contributed by atoms with Crippen molar-refractivity contribution in [3.63, 3.8) is 0 Å². The Kier molecular flexibility index (Phi) is 4.56. The van der Waals surface area contributed by atoms with Crippen LogP contribution in [0.2, 0.25) is 0 Å². The largest absolute Gasteiger partial charge is 0.609 e. The number of aryl methyl sites for hydroxylation is 1. The Morgan fingerprint density at radius 3 is 2.71 bits per heavy atom. The molecule has 110 valence electrons. The minimum atomic E-state index is -1.51. The van der Waals surface area contributed by atoms with Crippen LogP contribution in [0, 0.1) is 34.0 Å². The molecule has 1 heterocycles. The summed E-state index contributed by atoms with van der Waals surface area (Å²) in [5.74, 6) is 0.444. The fraction of sp³-hybridized carbons (Fsp3) is 0.562. The summed E-state index contributed by atoms with van der Waals surface area (Å²) in [5, 5.41) is 18.2. The van der Waals surface area contributed by atoms with Gasteiger partial charge in [0, 0.05) is 16.9 Å². The lowest BCUT2D eigenvalue weighted by atomic mass is 9.71. The molecule has 0 aliphatic heterocycles. The van der Waals surface area contributed by atoms with Crippen molar-refractivity contribution in [2.24, 2.45) is 11.3 Å². The van der Waals surface area contributed by atoms with Crippen LogP contribution in [0.5, 0.6) is 0 Å². The van der Waals surface area contributed by atoms with Crippen LogP contribution in [0.4, 0.5) is 0 Å². The number of nitrogens with zero attached hydrogens (tertiary/aromatic N) is 3. The second-order valence-corrected chi connectivity index (χ2v) is 7.88. The third-order valence-corrected chi connectivity index (χ3v) is 5.24. The van der Waals surface area contributed by atoms with Gasteiger partial charge in [-0.25, -0.2) is 4.98 Å². The Morgan fingerprint density at radius 1 is 1.43 bits per heavy atom. The fourth-order valence-electron chi connectivity index (χ4n) is 2.77. The summed E-state index contributed by atoms with van der Waals surface area (Å²) in [6.07, 6.45) is 2.81. The standard InChI is InChI=1S/C16H19N3OS/c1-16(2,3)13-4-5-14-11(9-13)8-12(10-18)15(19-14)21(20)7-6-17/h8,13H,4-5,7,9H2,1-3H3. The topological polar surface area (TPSA) is 83.5 Å². The fourth-order valence-corrected chi connectivity index (χ4v) is 3.58. The van der Waals surface area contributed by atoms with Gasteiger partial charge in [-0.15, -0.1) is 0 Å². The van der Waals surface area contributed by atoms with Gasteiger partial charge in [0.1, 0.15) is 17.7 Å². The number of hydrogen-bond donors (Lipinski definition) is 0. The number of pyridine rings is 1. The molecule has 1 aromatic rings. The van der Waals surface area contributed by atoms with Gasteiger partial charge in [0.25, 0.3) is 5.03 Å². The number of hydrogen-bond acceptors (Lipinski definition) is 4. The van der Waals surface area contributed by atoms with Gasteiger partial charge in [0.15, 0.2) is 5.75 Å². The molecule has 2 rings (SSSR count). The molecule has 0 amide bonds. The molecule has 0 N–H and O–H groups in total. The van der Waals surface area contributed by atoms with Crippen molar-refractivity contribution in [3.05, 3.63) is 22.9 Å². The number of nitriles is 2. The van der Waals surface area contributed by atoms with Gasteiger partial charge >= 0.3 is 0 Å². The number of fused-ring (bicyclic) bond motifs is 1. The quantitative estimate of drug-likeness (QED) is 0.786. The van der Waals surface area contributed by atoms with E-state index in [0.29, 0.717) is 11.5 Å². The maximum absolute atomic E-state index is 12.0. The Labute approximate surface area is 129 Å². The van der Waals surface area contributed by atoms with Crippen molar-refractivity contribution in [1.82, 2.24) is 4.98 Å². The first-order valence-electron chi connectivity index (χ1n) is 7.05. The van der Waals surface area contributed by atoms with Crippen molar-refractivity contribution in [2.75, 3.05) is 5.75 Å². The van der Waals surface area contributed by atoms with Gasteiger partial charge in [-0.05, 0) is 42.2 Å². The van der Waals surface area contributed by atoms with Crippen molar-refractivity contribution in [3.8, 4) is 12.1 Å². The summed E-state index contributed by atoms with van der Waals surface area (Å²) in [6.45, 7) is 6.70. The highest BCUT2D eigenvalue weighted by Crippen LogP contribution is 2.37. The highest BCUT2D eigenvalue weighted by molar-refractivity contribution is 7.91. The van der Waals surface area contributed by atoms with Crippen LogP contribution in [-0.4, -0.2) is 15.3 Å². The van der Waals surface area contributed by atoms with Gasteiger partial charge in [0.05, 0.1) is 0 Å². The minimum Gasteiger partial charge on any atom is -0.609 e. The smallest absolute Gasteiger partial charge is 0.263 e. The van der Waals surface area contributed by atoms with E-state index in [1.165, 1.54) is 0 Å². The predicted octanol–water partition coefficient (Wildman–Crippen LogP) is 2.74. The van der Waals surface area contributed by atoms with E-state index in [1.54, 1.807) is 0 Å². The van der Waals surface area contributed by atoms with E-state index in [2.05, 4.69) is 31.8 Å². The monoisotopic (exact) mass is 301 g/mol. The third-order valence-electron chi connectivity index (χ3n) is 4.11. The highest BCUT2D eigenvalue weighted by atomic mass is 32.2. The van der Waals surface area contributed by atoms with Gasteiger partial charge in [-0.3, -0.25) is 0 Å². The van der Waals surface area contributed by atoms with Gasteiger partial charge < -0.3 is 4.55 Å². The lowest BCUT2D eigenvalue weighted by Crippen LogP contribution is -2.28. The van der Waals surface area contributed by atoms with Gasteiger partial charge in [0.2, 0.25) is 0 Å². The van der Waals surface area contributed by atoms with E-state index in [9.17, 15) is 9.81 Å². The van der Waals surface area contributed by atoms with E-state index in [4.69, 9.17) is 5.26 Å². The summed E-state index contributed by atoms with van der Waals surface area (Å²) in [6, 6.07) is 5.77. The Bertz CT molecular complexity index is 622. The van der Waals surface area contributed by atoms with Crippen LogP contribution in [0.1, 0.15) is 44.0 Å². The first-order valence-corrected chi connectivity index (χ1v) is 8.37. The zero-order chi connectivity index (χ0) is 15.6. The molecule has 2 unspecified atom stereocenters. The predicted molar refractivity (Wildman–Crippen MR) is 80.8 cm³/mol. The average molecular weight is 301 g/mol. The lowest BCUT2D eigenvalue weighted by Gasteiger charge is -2.34. The van der Waals surface area contributed by atoms with E-state index in [-0.39, 0.29) is 16.2 Å². The lowest BCUT2D eigenvalue weighted by molar-refractivity contribution is 0.214. The zero-order valence-corrected chi connectivity index (χ0v) is 13.5. The van der Waals surface area contributed by atoms with E-state index < -0.39 is 11.2 Å². The van der Waals surface area contributed by atoms with Crippen LogP contribution in [-0.2, 0) is 24.0 Å². The number of rotatable bonds is 2. The van der Waals surface area contributed by atoms with Crippen molar-refractivity contribution < 1.29 is 4.55 Å². The molecule has 0 saturated heterocycles. The SMILES string of the molecule is CC(C)(C)C1CCc2nc([S+]([O-])CC#N)c(C#N)cc2C1. The van der Waals surface area contributed by atoms with Crippen LogP contribution >= 0.6 is 0 Å². The maximum Gasteiger partial charge on any atom is 0.263 e. The summed E-state index contributed by atoms with van der Waals surface area (Å²) < 4.78 is 12.0. The third kappa shape index (κ3) is 3.37. The molecule has 21 heavy (non-hydrogen) atoms. The van der Waals surface area contributed by atoms with Crippen LogP contribution < -0.4 is 0 Å². The second-order valence-electron chi connectivity index (χ2n) is 6.51. The molecule has 1 aliphatic rings. The summed E-state index contributed by atoms with van der Waals surface area (Å²) in [7, 11) is 0. The summed E-state index contributed by atoms with van der Waals surface area (Å²) >= 11 is -1.51. The molecule has 0 aromatic carbocycles. The van der Waals surface area contributed by atoms with Crippen LogP contribution in [0.25, 0.3) is 0 Å². The van der Waals surface area contributed by atoms with Crippen molar-refractivity contribution >= 4 is 11.2 Å². The number of aromatic nitrogens is 1. The summed E-state index contributed by atoms with van der Waals surface area (Å²) in [5.41, 5.74) is 2.61. The van der Waals surface area contributed by atoms with Gasteiger partial charge in [-0.1, -0.05) is 20.8 Å². The van der Waals surface area contributed by atoms with Crippen LogP contribution in [0.15, 0.2) is 11.1 Å². The Hall–Kier alpha value is -1.56. The molecular formula is C16H19N3OS. The van der Waals surface area contributed by atoms with E-state index in [1.807, 2.05) is 12.1 Å². The maximum atomic E-state index is 12.0. The molecule has 0 spiro atoms. The second kappa shape index (κ2) is 6.05. The highest BCUT2D eigenvalue weighted by Gasteiger charge is 2.31. The Balaban J connectivity index is 2.38. The summed E-state index contributed by atoms with van der Waals surface area (Å²) in [4.78, 5) is 4.45. The minimum absolute atomic E-state index is 0.120. The van der Waals surface area contributed by atoms with Gasteiger partial charge in [-0.2, -0.15) is 10.5 Å². The molecule has 2 atom stereocenters. The first kappa shape index (κ1) is 15.8. The van der Waals surface area contributed by atoms with Crippen molar-refractivity contribution in [2.45, 2.75) is 45.1 Å². The van der Waals surface area contributed by atoms with Crippen molar-refractivity contribution in [1.29, 1.82) is 10.5 Å². The molecule has 0 saturated carbocycles. The molecular weight excluding hydrogens is 282 g/mol. The van der Waals surface area contributed by atoms with E-state index >= 15 is 0 Å². The van der Waals surface area contributed by atoms with E-state index in [0.717, 1.165) is 30.5 Å². The molecule has 0 fully saturated rings. The molecule has 5 heteroatoms. The molecule has 0 bridgehead atoms. The Morgan fingerprint density at radius 2 is 2.14 bits per heavy atom. The molecule has 1 aromatic heterocycles. The van der Waals surface area contributed by atoms with Crippen LogP contribution in [0.3, 0.4) is 0 Å². The molecule has 4 nitrogen and oxygen atoms in total. The average Bonchev–Trinajstić information content (AvgIpc) is 2.44. The molecule has 0 radical (unpaired) electrons. The first-order chi connectivity index (χ1) is 9.86. The zero-order valence-electron chi connectivity index (χ0n) is 12.6. The normalized spacial score (nSPS) is 19.2. The molecule has 1 aliphatic carbocycles.